The first-order valence-electron chi connectivity index (χ1n) is 6.08. The van der Waals surface area contributed by atoms with E-state index in [9.17, 15) is 0 Å². The van der Waals surface area contributed by atoms with Crippen molar-refractivity contribution in [3.05, 3.63) is 29.8 Å². The van der Waals surface area contributed by atoms with Crippen LogP contribution < -0.4 is 10.5 Å². The van der Waals surface area contributed by atoms with E-state index < -0.39 is 0 Å². The smallest absolute Gasteiger partial charge is 0.122 e. The van der Waals surface area contributed by atoms with Gasteiger partial charge in [0, 0.05) is 6.04 Å². The number of rotatable bonds is 6. The first-order valence-corrected chi connectivity index (χ1v) is 6.08. The minimum absolute atomic E-state index is 0.268. The highest BCUT2D eigenvalue weighted by Crippen LogP contribution is 2.25. The van der Waals surface area contributed by atoms with Crippen LogP contribution in [0.3, 0.4) is 0 Å². The summed E-state index contributed by atoms with van der Waals surface area (Å²) >= 11 is 0. The van der Waals surface area contributed by atoms with E-state index in [2.05, 4.69) is 26.0 Å². The molecule has 0 aliphatic carbocycles. The van der Waals surface area contributed by atoms with Crippen LogP contribution in [0.1, 0.15) is 45.1 Å². The predicted octanol–water partition coefficient (Wildman–Crippen LogP) is 3.32. The van der Waals surface area contributed by atoms with Crippen LogP contribution in [0.2, 0.25) is 0 Å². The molecule has 0 bridgehead atoms. The van der Waals surface area contributed by atoms with Crippen LogP contribution in [0, 0.1) is 0 Å². The van der Waals surface area contributed by atoms with Gasteiger partial charge in [-0.15, -0.1) is 0 Å². The molecule has 16 heavy (non-hydrogen) atoms. The standard InChI is InChI=1S/C14H23NO/c1-11(2)13-8-4-5-9-14(13)16-10-6-7-12(3)15/h4-5,8-9,11-12H,6-7,10,15H2,1-3H3. The molecule has 0 aliphatic rings. The van der Waals surface area contributed by atoms with Gasteiger partial charge in [-0.2, -0.15) is 0 Å². The fourth-order valence-electron chi connectivity index (χ4n) is 1.68. The maximum absolute atomic E-state index is 5.79. The van der Waals surface area contributed by atoms with E-state index in [1.54, 1.807) is 0 Å². The molecule has 90 valence electrons. The van der Waals surface area contributed by atoms with Crippen LogP contribution in [0.25, 0.3) is 0 Å². The Morgan fingerprint density at radius 2 is 1.88 bits per heavy atom. The van der Waals surface area contributed by atoms with Gasteiger partial charge in [0.1, 0.15) is 5.75 Å². The molecule has 1 rings (SSSR count). The largest absolute Gasteiger partial charge is 0.493 e. The molecule has 0 aliphatic heterocycles. The molecule has 2 heteroatoms. The average Bonchev–Trinajstić information content (AvgIpc) is 2.24. The third kappa shape index (κ3) is 4.23. The summed E-state index contributed by atoms with van der Waals surface area (Å²) < 4.78 is 5.79. The summed E-state index contributed by atoms with van der Waals surface area (Å²) in [4.78, 5) is 0. The maximum atomic E-state index is 5.79. The molecule has 0 saturated heterocycles. The van der Waals surface area contributed by atoms with Crippen molar-refractivity contribution < 1.29 is 4.74 Å². The van der Waals surface area contributed by atoms with Crippen molar-refractivity contribution >= 4 is 0 Å². The second-order valence-corrected chi connectivity index (χ2v) is 4.66. The zero-order chi connectivity index (χ0) is 12.0. The first kappa shape index (κ1) is 13.0. The second-order valence-electron chi connectivity index (χ2n) is 4.66. The van der Waals surface area contributed by atoms with Crippen LogP contribution in [-0.2, 0) is 0 Å². The highest BCUT2D eigenvalue weighted by molar-refractivity contribution is 5.35. The Kier molecular flexibility index (Phi) is 5.33. The van der Waals surface area contributed by atoms with E-state index in [1.165, 1.54) is 5.56 Å². The summed E-state index contributed by atoms with van der Waals surface area (Å²) in [5.41, 5.74) is 6.98. The van der Waals surface area contributed by atoms with Crippen molar-refractivity contribution in [3.8, 4) is 5.75 Å². The molecule has 2 N–H and O–H groups in total. The number of ether oxygens (including phenoxy) is 1. The lowest BCUT2D eigenvalue weighted by molar-refractivity contribution is 0.299. The average molecular weight is 221 g/mol. The first-order chi connectivity index (χ1) is 7.61. The lowest BCUT2D eigenvalue weighted by atomic mass is 10.0. The van der Waals surface area contributed by atoms with E-state index in [1.807, 2.05) is 19.1 Å². The number of hydrogen-bond donors (Lipinski definition) is 1. The summed E-state index contributed by atoms with van der Waals surface area (Å²) in [6.45, 7) is 7.15. The highest BCUT2D eigenvalue weighted by Gasteiger charge is 2.06. The number of benzene rings is 1. The van der Waals surface area contributed by atoms with Crippen molar-refractivity contribution in [2.45, 2.75) is 45.6 Å². The number of para-hydroxylation sites is 1. The SMILES string of the molecule is CC(N)CCCOc1ccccc1C(C)C. The van der Waals surface area contributed by atoms with E-state index in [0.717, 1.165) is 25.2 Å². The summed E-state index contributed by atoms with van der Waals surface area (Å²) in [7, 11) is 0. The fraction of sp³-hybridized carbons (Fsp3) is 0.571. The van der Waals surface area contributed by atoms with Gasteiger partial charge in [0.2, 0.25) is 0 Å². The van der Waals surface area contributed by atoms with Crippen molar-refractivity contribution in [1.82, 2.24) is 0 Å². The number of nitrogens with two attached hydrogens (primary N) is 1. The van der Waals surface area contributed by atoms with Gasteiger partial charge < -0.3 is 10.5 Å². The lowest BCUT2D eigenvalue weighted by Gasteiger charge is -2.14. The van der Waals surface area contributed by atoms with Gasteiger partial charge in [-0.1, -0.05) is 32.0 Å². The Morgan fingerprint density at radius 1 is 1.19 bits per heavy atom. The zero-order valence-corrected chi connectivity index (χ0v) is 10.6. The predicted molar refractivity (Wildman–Crippen MR) is 68.9 cm³/mol. The molecule has 1 aromatic carbocycles. The van der Waals surface area contributed by atoms with Crippen molar-refractivity contribution in [2.75, 3.05) is 6.61 Å². The Hall–Kier alpha value is -1.02. The van der Waals surface area contributed by atoms with Crippen LogP contribution >= 0.6 is 0 Å². The molecule has 0 radical (unpaired) electrons. The number of hydrogen-bond acceptors (Lipinski definition) is 2. The monoisotopic (exact) mass is 221 g/mol. The molecule has 2 nitrogen and oxygen atoms in total. The normalized spacial score (nSPS) is 12.8. The van der Waals surface area contributed by atoms with Crippen LogP contribution in [0.15, 0.2) is 24.3 Å². The van der Waals surface area contributed by atoms with Gasteiger partial charge in [-0.25, -0.2) is 0 Å². The summed E-state index contributed by atoms with van der Waals surface area (Å²) in [6, 6.07) is 8.52. The molecule has 0 heterocycles. The molecule has 0 amide bonds. The second kappa shape index (κ2) is 6.54. The van der Waals surface area contributed by atoms with E-state index in [-0.39, 0.29) is 6.04 Å². The minimum atomic E-state index is 0.268. The molecule has 1 unspecified atom stereocenters. The van der Waals surface area contributed by atoms with Gasteiger partial charge in [-0.05, 0) is 37.3 Å². The Morgan fingerprint density at radius 3 is 2.50 bits per heavy atom. The Bertz CT molecular complexity index is 307. The molecule has 1 aromatic rings. The lowest BCUT2D eigenvalue weighted by Crippen LogP contribution is -2.15. The molecular formula is C14H23NO. The third-order valence-electron chi connectivity index (χ3n) is 2.60. The fourth-order valence-corrected chi connectivity index (χ4v) is 1.68. The molecule has 0 saturated carbocycles. The van der Waals surface area contributed by atoms with Gasteiger partial charge in [-0.3, -0.25) is 0 Å². The van der Waals surface area contributed by atoms with Crippen molar-refractivity contribution in [1.29, 1.82) is 0 Å². The third-order valence-corrected chi connectivity index (χ3v) is 2.60. The van der Waals surface area contributed by atoms with Crippen LogP contribution in [0.5, 0.6) is 5.75 Å². The highest BCUT2D eigenvalue weighted by atomic mass is 16.5. The molecule has 0 fully saturated rings. The molecule has 0 aromatic heterocycles. The van der Waals surface area contributed by atoms with Gasteiger partial charge in [0.15, 0.2) is 0 Å². The van der Waals surface area contributed by atoms with Gasteiger partial charge in [0.05, 0.1) is 6.61 Å². The maximum Gasteiger partial charge on any atom is 0.122 e. The zero-order valence-electron chi connectivity index (χ0n) is 10.6. The molecule has 1 atom stereocenters. The quantitative estimate of drug-likeness (QED) is 0.748. The Balaban J connectivity index is 2.47. The minimum Gasteiger partial charge on any atom is -0.493 e. The Labute approximate surface area is 98.8 Å². The summed E-state index contributed by atoms with van der Waals surface area (Å²) in [5, 5.41) is 0. The van der Waals surface area contributed by atoms with Crippen molar-refractivity contribution in [2.24, 2.45) is 5.73 Å². The van der Waals surface area contributed by atoms with E-state index in [4.69, 9.17) is 10.5 Å². The van der Waals surface area contributed by atoms with Crippen LogP contribution in [0.4, 0.5) is 0 Å². The van der Waals surface area contributed by atoms with E-state index >= 15 is 0 Å². The van der Waals surface area contributed by atoms with Crippen molar-refractivity contribution in [3.63, 3.8) is 0 Å². The molecular weight excluding hydrogens is 198 g/mol. The van der Waals surface area contributed by atoms with Gasteiger partial charge in [0.25, 0.3) is 0 Å². The topological polar surface area (TPSA) is 35.2 Å². The van der Waals surface area contributed by atoms with Gasteiger partial charge >= 0.3 is 0 Å². The summed E-state index contributed by atoms with van der Waals surface area (Å²) in [5.74, 6) is 1.52. The van der Waals surface area contributed by atoms with E-state index in [0.29, 0.717) is 5.92 Å². The summed E-state index contributed by atoms with van der Waals surface area (Å²) in [6.07, 6.45) is 2.04. The van der Waals surface area contributed by atoms with Crippen LogP contribution in [-0.4, -0.2) is 12.6 Å². The molecule has 0 spiro atoms.